The van der Waals surface area contributed by atoms with E-state index in [1.54, 1.807) is 42.5 Å². The highest BCUT2D eigenvalue weighted by atomic mass is 79.9. The zero-order chi connectivity index (χ0) is 23.5. The summed E-state index contributed by atoms with van der Waals surface area (Å²) in [5.41, 5.74) is 1.63. The van der Waals surface area contributed by atoms with Crippen LogP contribution in [0.15, 0.2) is 81.2 Å². The van der Waals surface area contributed by atoms with Crippen molar-refractivity contribution < 1.29 is 19.1 Å². The SMILES string of the molecule is O=C1NC(=O)N(c2ccc(Br)cc2)C(=O)/C1=C/c1ccc(OCc2ccccc2Br)c(Cl)c1. The molecule has 6 nitrogen and oxygen atoms in total. The first-order chi connectivity index (χ1) is 15.8. The van der Waals surface area contributed by atoms with E-state index < -0.39 is 17.8 Å². The van der Waals surface area contributed by atoms with Crippen LogP contribution < -0.4 is 15.0 Å². The molecule has 9 heteroatoms. The molecule has 1 aliphatic rings. The molecule has 0 aromatic heterocycles. The number of carbonyl (C=O) groups excluding carboxylic acids is 3. The lowest BCUT2D eigenvalue weighted by molar-refractivity contribution is -0.122. The Morgan fingerprint density at radius 3 is 2.39 bits per heavy atom. The van der Waals surface area contributed by atoms with Gasteiger partial charge < -0.3 is 4.74 Å². The quantitative estimate of drug-likeness (QED) is 0.288. The smallest absolute Gasteiger partial charge is 0.335 e. The number of benzene rings is 3. The van der Waals surface area contributed by atoms with Gasteiger partial charge in [0.2, 0.25) is 0 Å². The number of hydrogen-bond acceptors (Lipinski definition) is 4. The molecular formula is C24H15Br2ClN2O4. The molecule has 0 radical (unpaired) electrons. The molecule has 1 aliphatic heterocycles. The second-order valence-electron chi connectivity index (χ2n) is 7.00. The van der Waals surface area contributed by atoms with Crippen LogP contribution in [0.3, 0.4) is 0 Å². The predicted octanol–water partition coefficient (Wildman–Crippen LogP) is 6.11. The molecule has 1 N–H and O–H groups in total. The van der Waals surface area contributed by atoms with E-state index in [9.17, 15) is 14.4 Å². The van der Waals surface area contributed by atoms with Crippen LogP contribution in [0.25, 0.3) is 6.08 Å². The summed E-state index contributed by atoms with van der Waals surface area (Å²) in [7, 11) is 0. The van der Waals surface area contributed by atoms with E-state index in [1.807, 2.05) is 24.3 Å². The third-order valence-electron chi connectivity index (χ3n) is 4.79. The van der Waals surface area contributed by atoms with Gasteiger partial charge in [0.25, 0.3) is 11.8 Å². The summed E-state index contributed by atoms with van der Waals surface area (Å²) in [4.78, 5) is 38.6. The summed E-state index contributed by atoms with van der Waals surface area (Å²) in [5, 5.41) is 2.52. The van der Waals surface area contributed by atoms with Crippen molar-refractivity contribution in [3.8, 4) is 5.75 Å². The molecule has 1 saturated heterocycles. The average Bonchev–Trinajstić information content (AvgIpc) is 2.78. The Kier molecular flexibility index (Phi) is 6.97. The Labute approximate surface area is 211 Å². The van der Waals surface area contributed by atoms with Crippen LogP contribution in [-0.4, -0.2) is 17.8 Å². The Morgan fingerprint density at radius 2 is 1.70 bits per heavy atom. The number of anilines is 1. The fraction of sp³-hybridized carbons (Fsp3) is 0.0417. The van der Waals surface area contributed by atoms with Crippen molar-refractivity contribution >= 4 is 73.1 Å². The number of hydrogen-bond donors (Lipinski definition) is 1. The standard InChI is InChI=1S/C24H15Br2ClN2O4/c25-16-6-8-17(9-7-16)29-23(31)18(22(30)28-24(29)32)11-14-5-10-21(20(27)12-14)33-13-15-3-1-2-4-19(15)26/h1-12H,13H2,(H,28,30,32)/b18-11+. The molecule has 1 heterocycles. The van der Waals surface area contributed by atoms with Gasteiger partial charge >= 0.3 is 6.03 Å². The summed E-state index contributed by atoms with van der Waals surface area (Å²) < 4.78 is 7.52. The second-order valence-corrected chi connectivity index (χ2v) is 9.18. The molecule has 4 amide bonds. The zero-order valence-corrected chi connectivity index (χ0v) is 20.8. The molecular weight excluding hydrogens is 576 g/mol. The molecule has 1 fully saturated rings. The topological polar surface area (TPSA) is 75.7 Å². The molecule has 0 atom stereocenters. The molecule has 3 aromatic rings. The van der Waals surface area contributed by atoms with E-state index in [2.05, 4.69) is 37.2 Å². The lowest BCUT2D eigenvalue weighted by Gasteiger charge is -2.26. The molecule has 33 heavy (non-hydrogen) atoms. The number of halogens is 3. The average molecular weight is 591 g/mol. The van der Waals surface area contributed by atoms with E-state index in [4.69, 9.17) is 16.3 Å². The summed E-state index contributed by atoms with van der Waals surface area (Å²) in [5.74, 6) is -1.04. The fourth-order valence-electron chi connectivity index (χ4n) is 3.14. The van der Waals surface area contributed by atoms with E-state index in [0.29, 0.717) is 28.6 Å². The number of ether oxygens (including phenoxy) is 1. The summed E-state index contributed by atoms with van der Waals surface area (Å²) in [6, 6.07) is 18.4. The predicted molar refractivity (Wildman–Crippen MR) is 133 cm³/mol. The summed E-state index contributed by atoms with van der Waals surface area (Å²) in [6.07, 6.45) is 1.39. The van der Waals surface area contributed by atoms with Crippen LogP contribution in [0.4, 0.5) is 10.5 Å². The number of carbonyl (C=O) groups is 3. The van der Waals surface area contributed by atoms with Crippen LogP contribution in [0.2, 0.25) is 5.02 Å². The first kappa shape index (κ1) is 23.2. The van der Waals surface area contributed by atoms with Crippen molar-refractivity contribution in [2.75, 3.05) is 4.90 Å². The third kappa shape index (κ3) is 5.19. The van der Waals surface area contributed by atoms with Crippen LogP contribution in [-0.2, 0) is 16.2 Å². The van der Waals surface area contributed by atoms with E-state index in [1.165, 1.54) is 6.08 Å². The normalized spacial score (nSPS) is 15.1. The first-order valence-corrected chi connectivity index (χ1v) is 11.6. The van der Waals surface area contributed by atoms with Crippen LogP contribution >= 0.6 is 43.5 Å². The minimum atomic E-state index is -0.807. The maximum atomic E-state index is 13.0. The molecule has 4 rings (SSSR count). The van der Waals surface area contributed by atoms with Crippen molar-refractivity contribution in [2.45, 2.75) is 6.61 Å². The number of nitrogens with one attached hydrogen (secondary N) is 1. The van der Waals surface area contributed by atoms with E-state index in [0.717, 1.165) is 19.4 Å². The minimum Gasteiger partial charge on any atom is -0.487 e. The van der Waals surface area contributed by atoms with Crippen molar-refractivity contribution in [2.24, 2.45) is 0 Å². The summed E-state index contributed by atoms with van der Waals surface area (Å²) >= 11 is 13.2. The zero-order valence-electron chi connectivity index (χ0n) is 16.8. The molecule has 0 unspecified atom stereocenters. The molecule has 0 aliphatic carbocycles. The highest BCUT2D eigenvalue weighted by Gasteiger charge is 2.36. The van der Waals surface area contributed by atoms with Gasteiger partial charge in [-0.05, 0) is 54.1 Å². The monoisotopic (exact) mass is 588 g/mol. The number of rotatable bonds is 5. The number of amides is 4. The minimum absolute atomic E-state index is 0.185. The third-order valence-corrected chi connectivity index (χ3v) is 6.39. The molecule has 0 bridgehead atoms. The lowest BCUT2D eigenvalue weighted by atomic mass is 10.1. The first-order valence-electron chi connectivity index (χ1n) is 9.66. The van der Waals surface area contributed by atoms with Gasteiger partial charge in [-0.1, -0.05) is 67.7 Å². The van der Waals surface area contributed by atoms with Crippen molar-refractivity contribution in [1.82, 2.24) is 5.32 Å². The molecule has 0 spiro atoms. The van der Waals surface area contributed by atoms with Crippen LogP contribution in [0, 0.1) is 0 Å². The highest BCUT2D eigenvalue weighted by Crippen LogP contribution is 2.29. The van der Waals surface area contributed by atoms with Crippen molar-refractivity contribution in [3.05, 3.63) is 97.4 Å². The van der Waals surface area contributed by atoms with Crippen molar-refractivity contribution in [1.29, 1.82) is 0 Å². The lowest BCUT2D eigenvalue weighted by Crippen LogP contribution is -2.54. The van der Waals surface area contributed by atoms with Gasteiger partial charge in [-0.25, -0.2) is 9.69 Å². The van der Waals surface area contributed by atoms with E-state index in [-0.39, 0.29) is 5.57 Å². The fourth-order valence-corrected chi connectivity index (χ4v) is 4.05. The van der Waals surface area contributed by atoms with Gasteiger partial charge in [0.15, 0.2) is 0 Å². The van der Waals surface area contributed by atoms with Crippen LogP contribution in [0.1, 0.15) is 11.1 Å². The largest absolute Gasteiger partial charge is 0.487 e. The van der Waals surface area contributed by atoms with E-state index >= 15 is 0 Å². The molecule has 3 aromatic carbocycles. The maximum absolute atomic E-state index is 13.0. The number of imide groups is 2. The number of urea groups is 1. The Morgan fingerprint density at radius 1 is 0.970 bits per heavy atom. The van der Waals surface area contributed by atoms with Gasteiger partial charge in [0.05, 0.1) is 10.7 Å². The van der Waals surface area contributed by atoms with Gasteiger partial charge in [-0.15, -0.1) is 0 Å². The van der Waals surface area contributed by atoms with Crippen LogP contribution in [0.5, 0.6) is 5.75 Å². The summed E-state index contributed by atoms with van der Waals surface area (Å²) in [6.45, 7) is 0.312. The Hall–Kier alpha value is -2.94. The number of barbiturate groups is 1. The molecule has 166 valence electrons. The highest BCUT2D eigenvalue weighted by molar-refractivity contribution is 9.10. The van der Waals surface area contributed by atoms with Crippen molar-refractivity contribution in [3.63, 3.8) is 0 Å². The van der Waals surface area contributed by atoms with Gasteiger partial charge in [-0.3, -0.25) is 14.9 Å². The Balaban J connectivity index is 1.57. The Bertz CT molecular complexity index is 1290. The molecule has 0 saturated carbocycles. The second kappa shape index (κ2) is 9.91. The number of nitrogens with zero attached hydrogens (tertiary/aromatic N) is 1. The van der Waals surface area contributed by atoms with Gasteiger partial charge in [0.1, 0.15) is 17.9 Å². The van der Waals surface area contributed by atoms with Gasteiger partial charge in [-0.2, -0.15) is 0 Å². The van der Waals surface area contributed by atoms with Gasteiger partial charge in [0, 0.05) is 14.5 Å². The maximum Gasteiger partial charge on any atom is 0.335 e.